The van der Waals surface area contributed by atoms with E-state index in [-0.39, 0.29) is 30.3 Å². The summed E-state index contributed by atoms with van der Waals surface area (Å²) in [6, 6.07) is 11.4. The average molecular weight is 487 g/mol. The van der Waals surface area contributed by atoms with Crippen molar-refractivity contribution in [3.8, 4) is 5.69 Å². The molecule has 0 unspecified atom stereocenters. The Kier molecular flexibility index (Phi) is 6.75. The molecular formula is C20H19BrN6O4. The fraction of sp³-hybridized carbons (Fsp3) is 0.200. The Morgan fingerprint density at radius 3 is 2.71 bits per heavy atom. The van der Waals surface area contributed by atoms with Crippen molar-refractivity contribution in [2.24, 2.45) is 0 Å². The van der Waals surface area contributed by atoms with Gasteiger partial charge in [-0.3, -0.25) is 19.7 Å². The molecule has 2 aromatic carbocycles. The van der Waals surface area contributed by atoms with Gasteiger partial charge in [-0.05, 0) is 37.6 Å². The third-order valence-corrected chi connectivity index (χ3v) is 5.00. The summed E-state index contributed by atoms with van der Waals surface area (Å²) in [5, 5.41) is 24.2. The first-order valence-electron chi connectivity index (χ1n) is 9.27. The SMILES string of the molecule is Cc1ccc(Br)cc1NC(=O)CCNC(=O)c1nnn(-c2cccc([N+](=O)[O-])c2)c1C. The molecule has 3 rings (SSSR count). The van der Waals surface area contributed by atoms with Crippen molar-refractivity contribution in [2.45, 2.75) is 20.3 Å². The summed E-state index contributed by atoms with van der Waals surface area (Å²) in [5.41, 5.74) is 2.45. The summed E-state index contributed by atoms with van der Waals surface area (Å²) in [6.45, 7) is 3.63. The van der Waals surface area contributed by atoms with E-state index in [4.69, 9.17) is 0 Å². The van der Waals surface area contributed by atoms with Crippen molar-refractivity contribution < 1.29 is 14.5 Å². The van der Waals surface area contributed by atoms with Gasteiger partial charge in [-0.25, -0.2) is 4.68 Å². The van der Waals surface area contributed by atoms with E-state index < -0.39 is 10.8 Å². The van der Waals surface area contributed by atoms with Crippen LogP contribution in [-0.4, -0.2) is 38.3 Å². The van der Waals surface area contributed by atoms with Gasteiger partial charge >= 0.3 is 0 Å². The molecule has 0 radical (unpaired) electrons. The van der Waals surface area contributed by atoms with Gasteiger partial charge < -0.3 is 10.6 Å². The monoisotopic (exact) mass is 486 g/mol. The maximum Gasteiger partial charge on any atom is 0.273 e. The molecule has 0 saturated heterocycles. The minimum Gasteiger partial charge on any atom is -0.350 e. The van der Waals surface area contributed by atoms with Crippen LogP contribution in [0.3, 0.4) is 0 Å². The predicted octanol–water partition coefficient (Wildman–Crippen LogP) is 3.31. The normalized spacial score (nSPS) is 10.5. The fourth-order valence-corrected chi connectivity index (χ4v) is 3.20. The van der Waals surface area contributed by atoms with E-state index in [0.29, 0.717) is 17.1 Å². The predicted molar refractivity (Wildman–Crippen MR) is 117 cm³/mol. The Bertz CT molecular complexity index is 1160. The van der Waals surface area contributed by atoms with Crippen LogP contribution in [0.25, 0.3) is 5.69 Å². The van der Waals surface area contributed by atoms with Crippen molar-refractivity contribution >= 4 is 39.1 Å². The van der Waals surface area contributed by atoms with Gasteiger partial charge in [0.25, 0.3) is 11.6 Å². The summed E-state index contributed by atoms with van der Waals surface area (Å²) in [6.07, 6.45) is 0.0791. The fourth-order valence-electron chi connectivity index (χ4n) is 2.84. The van der Waals surface area contributed by atoms with Crippen LogP contribution in [0.15, 0.2) is 46.9 Å². The van der Waals surface area contributed by atoms with Gasteiger partial charge in [-0.15, -0.1) is 5.10 Å². The number of nitrogens with zero attached hydrogens (tertiary/aromatic N) is 4. The number of aromatic nitrogens is 3. The first-order valence-corrected chi connectivity index (χ1v) is 10.1. The molecule has 2 N–H and O–H groups in total. The molecular weight excluding hydrogens is 468 g/mol. The lowest BCUT2D eigenvalue weighted by atomic mass is 10.2. The number of nitrogens with one attached hydrogen (secondary N) is 2. The number of halogens is 1. The molecule has 0 atom stereocenters. The topological polar surface area (TPSA) is 132 Å². The molecule has 0 aliphatic rings. The molecule has 0 aliphatic heterocycles. The standard InChI is InChI=1S/C20H19BrN6O4/c1-12-6-7-14(21)10-17(12)23-18(28)8-9-22-20(29)19-13(2)26(25-24-19)15-4-3-5-16(11-15)27(30)31/h3-7,10-11H,8-9H2,1-2H3,(H,22,29)(H,23,28). The number of nitro benzene ring substituents is 1. The molecule has 1 heterocycles. The number of nitro groups is 1. The van der Waals surface area contributed by atoms with Crippen molar-refractivity contribution in [1.82, 2.24) is 20.3 Å². The Morgan fingerprint density at radius 1 is 1.19 bits per heavy atom. The largest absolute Gasteiger partial charge is 0.350 e. The summed E-state index contributed by atoms with van der Waals surface area (Å²) < 4.78 is 2.20. The molecule has 0 spiro atoms. The average Bonchev–Trinajstić information content (AvgIpc) is 3.12. The van der Waals surface area contributed by atoms with Crippen LogP contribution in [0.1, 0.15) is 28.2 Å². The zero-order valence-corrected chi connectivity index (χ0v) is 18.3. The molecule has 11 heteroatoms. The van der Waals surface area contributed by atoms with Gasteiger partial charge in [0.1, 0.15) is 0 Å². The van der Waals surface area contributed by atoms with Crippen LogP contribution in [-0.2, 0) is 4.79 Å². The van der Waals surface area contributed by atoms with E-state index in [2.05, 4.69) is 36.9 Å². The second-order valence-electron chi connectivity index (χ2n) is 6.73. The summed E-state index contributed by atoms with van der Waals surface area (Å²) in [4.78, 5) is 35.1. The van der Waals surface area contributed by atoms with E-state index in [1.165, 1.54) is 22.9 Å². The van der Waals surface area contributed by atoms with E-state index >= 15 is 0 Å². The van der Waals surface area contributed by atoms with Gasteiger partial charge in [0.2, 0.25) is 5.91 Å². The van der Waals surface area contributed by atoms with Crippen LogP contribution < -0.4 is 10.6 Å². The van der Waals surface area contributed by atoms with E-state index in [9.17, 15) is 19.7 Å². The lowest BCUT2D eigenvalue weighted by Crippen LogP contribution is -2.28. The highest BCUT2D eigenvalue weighted by molar-refractivity contribution is 9.10. The number of rotatable bonds is 7. The van der Waals surface area contributed by atoms with Crippen molar-refractivity contribution in [2.75, 3.05) is 11.9 Å². The summed E-state index contributed by atoms with van der Waals surface area (Å²) in [5.74, 6) is -0.723. The van der Waals surface area contributed by atoms with Crippen LogP contribution >= 0.6 is 15.9 Å². The number of amides is 2. The molecule has 0 bridgehead atoms. The van der Waals surface area contributed by atoms with Crippen LogP contribution in [0.4, 0.5) is 11.4 Å². The molecule has 2 amide bonds. The summed E-state index contributed by atoms with van der Waals surface area (Å²) in [7, 11) is 0. The Labute approximate surface area is 185 Å². The smallest absolute Gasteiger partial charge is 0.273 e. The molecule has 0 fully saturated rings. The van der Waals surface area contributed by atoms with Crippen molar-refractivity contribution in [3.63, 3.8) is 0 Å². The zero-order chi connectivity index (χ0) is 22.5. The third-order valence-electron chi connectivity index (χ3n) is 4.51. The number of aryl methyl sites for hydroxylation is 1. The van der Waals surface area contributed by atoms with Gasteiger partial charge in [0, 0.05) is 35.3 Å². The first-order chi connectivity index (χ1) is 14.8. The van der Waals surface area contributed by atoms with Crippen molar-refractivity contribution in [3.05, 3.63) is 74.0 Å². The molecule has 1 aromatic heterocycles. The molecule has 3 aromatic rings. The maximum absolute atomic E-state index is 12.5. The number of benzene rings is 2. The van der Waals surface area contributed by atoms with Gasteiger partial charge in [-0.2, -0.15) is 0 Å². The van der Waals surface area contributed by atoms with Crippen molar-refractivity contribution in [1.29, 1.82) is 0 Å². The van der Waals surface area contributed by atoms with Gasteiger partial charge in [0.05, 0.1) is 16.3 Å². The van der Waals surface area contributed by atoms with Crippen LogP contribution in [0, 0.1) is 24.0 Å². The Hall–Kier alpha value is -3.60. The van der Waals surface area contributed by atoms with Gasteiger partial charge in [0.15, 0.2) is 5.69 Å². The summed E-state index contributed by atoms with van der Waals surface area (Å²) >= 11 is 3.36. The number of anilines is 1. The minimum absolute atomic E-state index is 0.0785. The minimum atomic E-state index is -0.510. The maximum atomic E-state index is 12.5. The van der Waals surface area contributed by atoms with Gasteiger partial charge in [-0.1, -0.05) is 33.3 Å². The number of carbonyl (C=O) groups is 2. The number of hydrogen-bond acceptors (Lipinski definition) is 6. The second kappa shape index (κ2) is 9.47. The molecule has 0 aliphatic carbocycles. The lowest BCUT2D eigenvalue weighted by molar-refractivity contribution is -0.384. The molecule has 0 saturated carbocycles. The Morgan fingerprint density at radius 2 is 1.97 bits per heavy atom. The first kappa shape index (κ1) is 22.1. The molecule has 160 valence electrons. The molecule has 31 heavy (non-hydrogen) atoms. The van der Waals surface area contributed by atoms with Crippen LogP contribution in [0.2, 0.25) is 0 Å². The van der Waals surface area contributed by atoms with Crippen LogP contribution in [0.5, 0.6) is 0 Å². The third kappa shape index (κ3) is 5.31. The highest BCUT2D eigenvalue weighted by atomic mass is 79.9. The zero-order valence-electron chi connectivity index (χ0n) is 16.8. The quantitative estimate of drug-likeness (QED) is 0.388. The van der Waals surface area contributed by atoms with E-state index in [1.807, 2.05) is 19.1 Å². The molecule has 10 nitrogen and oxygen atoms in total. The highest BCUT2D eigenvalue weighted by Crippen LogP contribution is 2.21. The number of hydrogen-bond donors (Lipinski definition) is 2. The lowest BCUT2D eigenvalue weighted by Gasteiger charge is -2.09. The second-order valence-corrected chi connectivity index (χ2v) is 7.64. The number of non-ortho nitro benzene ring substituents is 1. The Balaban J connectivity index is 1.60. The number of carbonyl (C=O) groups excluding carboxylic acids is 2. The highest BCUT2D eigenvalue weighted by Gasteiger charge is 2.18. The van der Waals surface area contributed by atoms with E-state index in [1.54, 1.807) is 19.1 Å². The van der Waals surface area contributed by atoms with E-state index in [0.717, 1.165) is 10.0 Å².